The Morgan fingerprint density at radius 1 is 0.568 bits per heavy atom. The van der Waals surface area contributed by atoms with E-state index in [2.05, 4.69) is 55.5 Å². The van der Waals surface area contributed by atoms with Gasteiger partial charge in [0.05, 0.1) is 0 Å². The highest BCUT2D eigenvalue weighted by molar-refractivity contribution is 5.49. The number of benzene rings is 2. The van der Waals surface area contributed by atoms with Gasteiger partial charge in [-0.2, -0.15) is 0 Å². The smallest absolute Gasteiger partial charge is 0.0314 e. The molecule has 0 bridgehead atoms. The van der Waals surface area contributed by atoms with Crippen LogP contribution in [-0.4, -0.2) is 0 Å². The highest BCUT2D eigenvalue weighted by Crippen LogP contribution is 2.50. The van der Waals surface area contributed by atoms with Crippen molar-refractivity contribution in [2.24, 2.45) is 17.8 Å². The lowest BCUT2D eigenvalue weighted by Gasteiger charge is -2.44. The van der Waals surface area contributed by atoms with E-state index in [9.17, 15) is 0 Å². The molecule has 2 aromatic rings. The molecule has 0 aromatic heterocycles. The molecule has 37 heavy (non-hydrogen) atoms. The Kier molecular flexibility index (Phi) is 10.8. The third-order valence-electron chi connectivity index (χ3n) is 10.1. The van der Waals surface area contributed by atoms with E-state index in [4.69, 9.17) is 11.5 Å². The van der Waals surface area contributed by atoms with Crippen molar-refractivity contribution in [3.8, 4) is 0 Å². The Labute approximate surface area is 228 Å². The molecule has 0 heterocycles. The van der Waals surface area contributed by atoms with Crippen molar-refractivity contribution >= 4 is 11.4 Å². The predicted octanol–water partition coefficient (Wildman–Crippen LogP) is 10.1. The molecule has 2 aliphatic carbocycles. The van der Waals surface area contributed by atoms with Crippen LogP contribution in [-0.2, 0) is 5.41 Å². The van der Waals surface area contributed by atoms with Crippen LogP contribution in [0.4, 0.5) is 11.4 Å². The quantitative estimate of drug-likeness (QED) is 0.211. The van der Waals surface area contributed by atoms with E-state index in [0.717, 1.165) is 29.1 Å². The Morgan fingerprint density at radius 3 is 1.49 bits per heavy atom. The Bertz CT molecular complexity index is 836. The van der Waals surface area contributed by atoms with Gasteiger partial charge in [0.2, 0.25) is 0 Å². The van der Waals surface area contributed by atoms with Crippen molar-refractivity contribution < 1.29 is 0 Å². The van der Waals surface area contributed by atoms with Crippen molar-refractivity contribution in [3.63, 3.8) is 0 Å². The topological polar surface area (TPSA) is 52.0 Å². The predicted molar refractivity (Wildman–Crippen MR) is 162 cm³/mol. The van der Waals surface area contributed by atoms with Crippen molar-refractivity contribution in [1.29, 1.82) is 0 Å². The lowest BCUT2D eigenvalue weighted by atomic mass is 9.60. The van der Waals surface area contributed by atoms with E-state index in [1.807, 2.05) is 0 Å². The summed E-state index contributed by atoms with van der Waals surface area (Å²) in [7, 11) is 0. The molecule has 4 N–H and O–H groups in total. The second-order valence-corrected chi connectivity index (χ2v) is 12.6. The zero-order valence-electron chi connectivity index (χ0n) is 23.7. The number of unbranched alkanes of at least 4 members (excludes halogenated alkanes) is 8. The minimum Gasteiger partial charge on any atom is -0.399 e. The molecule has 2 fully saturated rings. The molecule has 0 aliphatic heterocycles. The maximum Gasteiger partial charge on any atom is 0.0314 e. The van der Waals surface area contributed by atoms with Gasteiger partial charge >= 0.3 is 0 Å². The van der Waals surface area contributed by atoms with Crippen molar-refractivity contribution in [2.45, 2.75) is 128 Å². The third kappa shape index (κ3) is 7.78. The van der Waals surface area contributed by atoms with E-state index in [0.29, 0.717) is 0 Å². The first-order valence-corrected chi connectivity index (χ1v) is 15.8. The fourth-order valence-electron chi connectivity index (χ4n) is 7.64. The number of rotatable bonds is 13. The van der Waals surface area contributed by atoms with E-state index in [1.165, 1.54) is 127 Å². The normalized spacial score (nSPS) is 22.2. The van der Waals surface area contributed by atoms with Crippen LogP contribution in [0.2, 0.25) is 0 Å². The Balaban J connectivity index is 1.22. The van der Waals surface area contributed by atoms with Crippen LogP contribution in [0.1, 0.15) is 134 Å². The number of nitrogens with two attached hydrogens (primary N) is 2. The first-order chi connectivity index (χ1) is 18.1. The lowest BCUT2D eigenvalue weighted by molar-refractivity contribution is 0.140. The zero-order valence-corrected chi connectivity index (χ0v) is 23.7. The van der Waals surface area contributed by atoms with Gasteiger partial charge in [-0.3, -0.25) is 0 Å². The fourth-order valence-corrected chi connectivity index (χ4v) is 7.64. The molecule has 0 atom stereocenters. The first kappa shape index (κ1) is 28.1. The van der Waals surface area contributed by atoms with Gasteiger partial charge in [0.1, 0.15) is 0 Å². The lowest BCUT2D eigenvalue weighted by Crippen LogP contribution is -2.36. The summed E-state index contributed by atoms with van der Waals surface area (Å²) in [5, 5.41) is 0. The second kappa shape index (κ2) is 14.3. The summed E-state index contributed by atoms with van der Waals surface area (Å²) in [4.78, 5) is 0. The molecule has 2 heteroatoms. The number of nitrogen functional groups attached to an aromatic ring is 2. The highest BCUT2D eigenvalue weighted by atomic mass is 14.6. The second-order valence-electron chi connectivity index (χ2n) is 12.6. The van der Waals surface area contributed by atoms with Gasteiger partial charge in [-0.05, 0) is 91.7 Å². The van der Waals surface area contributed by atoms with Crippen molar-refractivity contribution in [2.75, 3.05) is 11.5 Å². The summed E-state index contributed by atoms with van der Waals surface area (Å²) in [6.07, 6.45) is 25.6. The van der Waals surface area contributed by atoms with Crippen LogP contribution in [0.25, 0.3) is 0 Å². The molecule has 2 aromatic carbocycles. The van der Waals surface area contributed by atoms with Gasteiger partial charge in [0.15, 0.2) is 0 Å². The van der Waals surface area contributed by atoms with Gasteiger partial charge < -0.3 is 11.5 Å². The van der Waals surface area contributed by atoms with E-state index in [-0.39, 0.29) is 5.41 Å². The van der Waals surface area contributed by atoms with Gasteiger partial charge in [0.25, 0.3) is 0 Å². The maximum absolute atomic E-state index is 6.04. The summed E-state index contributed by atoms with van der Waals surface area (Å²) in [5.41, 5.74) is 16.7. The average Bonchev–Trinajstić information content (AvgIpc) is 2.93. The molecule has 0 saturated heterocycles. The number of hydrogen-bond acceptors (Lipinski definition) is 2. The van der Waals surface area contributed by atoms with Crippen LogP contribution >= 0.6 is 0 Å². The van der Waals surface area contributed by atoms with Crippen LogP contribution < -0.4 is 11.5 Å². The summed E-state index contributed by atoms with van der Waals surface area (Å²) < 4.78 is 0. The van der Waals surface area contributed by atoms with Crippen LogP contribution in [0.5, 0.6) is 0 Å². The largest absolute Gasteiger partial charge is 0.399 e. The summed E-state index contributed by atoms with van der Waals surface area (Å²) in [6, 6.07) is 17.4. The molecular formula is C35H54N2. The van der Waals surface area contributed by atoms with Gasteiger partial charge in [-0.25, -0.2) is 0 Å². The average molecular weight is 503 g/mol. The molecular weight excluding hydrogens is 448 g/mol. The van der Waals surface area contributed by atoms with Crippen LogP contribution in [0, 0.1) is 17.8 Å². The molecule has 204 valence electrons. The van der Waals surface area contributed by atoms with E-state index >= 15 is 0 Å². The molecule has 2 aliphatic rings. The number of anilines is 2. The van der Waals surface area contributed by atoms with Crippen LogP contribution in [0.15, 0.2) is 48.5 Å². The van der Waals surface area contributed by atoms with Crippen LogP contribution in [0.3, 0.4) is 0 Å². The van der Waals surface area contributed by atoms with Gasteiger partial charge in [-0.1, -0.05) is 108 Å². The molecule has 0 amide bonds. The van der Waals surface area contributed by atoms with Crippen molar-refractivity contribution in [3.05, 3.63) is 59.7 Å². The number of hydrogen-bond donors (Lipinski definition) is 2. The SMILES string of the molecule is CCCCCCCCCCCC1CCC(C2CCC(c3ccc(N)cc3)(c3ccc(N)cc3)CC2)CC1. The molecule has 0 unspecified atom stereocenters. The molecule has 2 saturated carbocycles. The molecule has 4 rings (SSSR count). The molecule has 0 spiro atoms. The summed E-state index contributed by atoms with van der Waals surface area (Å²) in [6.45, 7) is 2.30. The minimum atomic E-state index is 0.102. The fraction of sp³-hybridized carbons (Fsp3) is 0.657. The highest BCUT2D eigenvalue weighted by Gasteiger charge is 2.40. The maximum atomic E-state index is 6.04. The third-order valence-corrected chi connectivity index (χ3v) is 10.1. The van der Waals surface area contributed by atoms with E-state index in [1.54, 1.807) is 0 Å². The monoisotopic (exact) mass is 502 g/mol. The summed E-state index contributed by atoms with van der Waals surface area (Å²) >= 11 is 0. The van der Waals surface area contributed by atoms with E-state index < -0.39 is 0 Å². The molecule has 2 nitrogen and oxygen atoms in total. The van der Waals surface area contributed by atoms with Gasteiger partial charge in [0, 0.05) is 16.8 Å². The Hall–Kier alpha value is -1.96. The standard InChI is InChI=1S/C35H54N2/c1-2-3-4-5-6-7-8-9-10-11-28-12-14-29(15-13-28)30-24-26-35(27-25-30,31-16-20-33(36)21-17-31)32-18-22-34(37)23-19-32/h16-23,28-30H,2-15,24-27,36-37H2,1H3. The zero-order chi connectivity index (χ0) is 25.9. The first-order valence-electron chi connectivity index (χ1n) is 15.8. The minimum absolute atomic E-state index is 0.102. The van der Waals surface area contributed by atoms with Gasteiger partial charge in [-0.15, -0.1) is 0 Å². The molecule has 0 radical (unpaired) electrons. The Morgan fingerprint density at radius 2 is 1.00 bits per heavy atom. The summed E-state index contributed by atoms with van der Waals surface area (Å²) in [5.74, 6) is 2.87. The van der Waals surface area contributed by atoms with Crippen molar-refractivity contribution in [1.82, 2.24) is 0 Å².